The van der Waals surface area contributed by atoms with Gasteiger partial charge in [-0.25, -0.2) is 0 Å². The zero-order valence-electron chi connectivity index (χ0n) is 9.15. The van der Waals surface area contributed by atoms with Crippen LogP contribution in [0.2, 0.25) is 0 Å². The third kappa shape index (κ3) is 3.07. The molecule has 0 aliphatic heterocycles. The Morgan fingerprint density at radius 3 is 2.53 bits per heavy atom. The highest BCUT2D eigenvalue weighted by Gasteiger charge is 2.21. The summed E-state index contributed by atoms with van der Waals surface area (Å²) in [7, 11) is 0. The standard InChI is InChI=1S/C14H19O/c15-14(13-9-5-2-6-10-13)11-12-7-3-1-4-8-12/h3-4,7-8,13-15H,2,5-6,9-11H2. The summed E-state index contributed by atoms with van der Waals surface area (Å²) in [5.74, 6) is 0.530. The average Bonchev–Trinajstić information content (AvgIpc) is 2.31. The molecule has 1 saturated carbocycles. The zero-order chi connectivity index (χ0) is 10.5. The van der Waals surface area contributed by atoms with Crippen LogP contribution < -0.4 is 0 Å². The van der Waals surface area contributed by atoms with Crippen LogP contribution in [0.5, 0.6) is 0 Å². The Balaban J connectivity index is 1.88. The van der Waals surface area contributed by atoms with Crippen molar-refractivity contribution in [3.05, 3.63) is 35.9 Å². The van der Waals surface area contributed by atoms with Gasteiger partial charge in [0.25, 0.3) is 0 Å². The van der Waals surface area contributed by atoms with Gasteiger partial charge in [-0.1, -0.05) is 43.5 Å². The minimum Gasteiger partial charge on any atom is -0.392 e. The largest absolute Gasteiger partial charge is 0.392 e. The Morgan fingerprint density at radius 1 is 1.20 bits per heavy atom. The fourth-order valence-electron chi connectivity index (χ4n) is 2.48. The number of hydrogen-bond donors (Lipinski definition) is 1. The molecule has 1 atom stereocenters. The number of rotatable bonds is 3. The van der Waals surface area contributed by atoms with E-state index in [1.165, 1.54) is 37.7 Å². The van der Waals surface area contributed by atoms with Crippen LogP contribution in [0.15, 0.2) is 24.3 Å². The summed E-state index contributed by atoms with van der Waals surface area (Å²) in [6.45, 7) is 0. The minimum absolute atomic E-state index is 0.146. The van der Waals surface area contributed by atoms with E-state index < -0.39 is 0 Å². The van der Waals surface area contributed by atoms with Crippen LogP contribution in [0.3, 0.4) is 0 Å². The minimum atomic E-state index is -0.146. The zero-order valence-corrected chi connectivity index (χ0v) is 9.15. The predicted molar refractivity (Wildman–Crippen MR) is 61.6 cm³/mol. The normalized spacial score (nSPS) is 20.1. The second-order valence-corrected chi connectivity index (χ2v) is 4.58. The molecule has 1 aliphatic carbocycles. The van der Waals surface area contributed by atoms with E-state index in [1.54, 1.807) is 0 Å². The molecule has 2 rings (SSSR count). The van der Waals surface area contributed by atoms with Crippen molar-refractivity contribution in [2.45, 2.75) is 44.6 Å². The van der Waals surface area contributed by atoms with Crippen molar-refractivity contribution in [2.75, 3.05) is 0 Å². The Labute approximate surface area is 92.1 Å². The molecule has 0 spiro atoms. The molecule has 1 heteroatoms. The summed E-state index contributed by atoms with van der Waals surface area (Å²) in [5.41, 5.74) is 1.23. The van der Waals surface area contributed by atoms with Gasteiger partial charge in [-0.2, -0.15) is 0 Å². The quantitative estimate of drug-likeness (QED) is 0.800. The third-order valence-electron chi connectivity index (χ3n) is 3.43. The van der Waals surface area contributed by atoms with Gasteiger partial charge in [0.15, 0.2) is 0 Å². The fourth-order valence-corrected chi connectivity index (χ4v) is 2.48. The Morgan fingerprint density at radius 2 is 1.87 bits per heavy atom. The second kappa shape index (κ2) is 5.32. The maximum Gasteiger partial charge on any atom is 0.0608 e. The van der Waals surface area contributed by atoms with Crippen molar-refractivity contribution in [3.8, 4) is 0 Å². The molecule has 1 fully saturated rings. The lowest BCUT2D eigenvalue weighted by atomic mass is 9.83. The van der Waals surface area contributed by atoms with Crippen molar-refractivity contribution >= 4 is 0 Å². The molecule has 1 unspecified atom stereocenters. The summed E-state index contributed by atoms with van der Waals surface area (Å²) in [6, 6.07) is 10.9. The molecule has 1 aromatic carbocycles. The lowest BCUT2D eigenvalue weighted by Crippen LogP contribution is -2.24. The number of aliphatic hydroxyl groups is 1. The summed E-state index contributed by atoms with van der Waals surface area (Å²) >= 11 is 0. The second-order valence-electron chi connectivity index (χ2n) is 4.58. The van der Waals surface area contributed by atoms with Gasteiger partial charge in [0.2, 0.25) is 0 Å². The van der Waals surface area contributed by atoms with E-state index in [9.17, 15) is 5.11 Å². The Kier molecular flexibility index (Phi) is 3.79. The van der Waals surface area contributed by atoms with Crippen molar-refractivity contribution < 1.29 is 5.11 Å². The molecule has 0 bridgehead atoms. The first-order valence-corrected chi connectivity index (χ1v) is 5.99. The first kappa shape index (κ1) is 10.7. The maximum absolute atomic E-state index is 10.1. The van der Waals surface area contributed by atoms with Crippen LogP contribution in [0.4, 0.5) is 0 Å². The highest BCUT2D eigenvalue weighted by Crippen LogP contribution is 2.27. The predicted octanol–water partition coefficient (Wildman–Crippen LogP) is 2.97. The van der Waals surface area contributed by atoms with Crippen LogP contribution >= 0.6 is 0 Å². The molecule has 1 N–H and O–H groups in total. The first-order chi connectivity index (χ1) is 7.36. The van der Waals surface area contributed by atoms with Crippen molar-refractivity contribution in [3.63, 3.8) is 0 Å². The Hall–Kier alpha value is -0.820. The molecule has 0 heterocycles. The van der Waals surface area contributed by atoms with E-state index in [1.807, 2.05) is 24.3 Å². The van der Waals surface area contributed by atoms with Gasteiger partial charge in [0, 0.05) is 0 Å². The molecule has 0 saturated heterocycles. The molecular formula is C14H19O. The maximum atomic E-state index is 10.1. The highest BCUT2D eigenvalue weighted by atomic mass is 16.3. The van der Waals surface area contributed by atoms with Crippen LogP contribution in [0.1, 0.15) is 37.7 Å². The van der Waals surface area contributed by atoms with E-state index in [-0.39, 0.29) is 6.10 Å². The number of benzene rings is 1. The number of hydrogen-bond acceptors (Lipinski definition) is 1. The van der Waals surface area contributed by atoms with Crippen molar-refractivity contribution in [2.24, 2.45) is 5.92 Å². The monoisotopic (exact) mass is 203 g/mol. The topological polar surface area (TPSA) is 20.2 Å². The lowest BCUT2D eigenvalue weighted by Gasteiger charge is -2.26. The smallest absolute Gasteiger partial charge is 0.0608 e. The van der Waals surface area contributed by atoms with Gasteiger partial charge < -0.3 is 5.11 Å². The molecule has 0 aromatic heterocycles. The van der Waals surface area contributed by atoms with Gasteiger partial charge in [-0.15, -0.1) is 0 Å². The van der Waals surface area contributed by atoms with Gasteiger partial charge in [0.05, 0.1) is 6.10 Å². The van der Waals surface area contributed by atoms with Gasteiger partial charge >= 0.3 is 0 Å². The molecular weight excluding hydrogens is 184 g/mol. The molecule has 1 radical (unpaired) electrons. The molecule has 15 heavy (non-hydrogen) atoms. The van der Waals surface area contributed by atoms with E-state index in [2.05, 4.69) is 6.07 Å². The molecule has 81 valence electrons. The summed E-state index contributed by atoms with van der Waals surface area (Å²) < 4.78 is 0. The summed E-state index contributed by atoms with van der Waals surface area (Å²) in [6.07, 6.45) is 7.02. The van der Waals surface area contributed by atoms with E-state index in [4.69, 9.17) is 0 Å². The highest BCUT2D eigenvalue weighted by molar-refractivity contribution is 5.14. The van der Waals surface area contributed by atoms with Crippen molar-refractivity contribution in [1.82, 2.24) is 0 Å². The van der Waals surface area contributed by atoms with E-state index in [0.717, 1.165) is 6.42 Å². The average molecular weight is 203 g/mol. The molecule has 0 amide bonds. The van der Waals surface area contributed by atoms with Crippen LogP contribution in [0, 0.1) is 12.0 Å². The van der Waals surface area contributed by atoms with Gasteiger partial charge in [-0.05, 0) is 36.8 Å². The molecule has 1 aliphatic rings. The number of aliphatic hydroxyl groups excluding tert-OH is 1. The van der Waals surface area contributed by atoms with Gasteiger partial charge in [-0.3, -0.25) is 0 Å². The van der Waals surface area contributed by atoms with Crippen LogP contribution in [0.25, 0.3) is 0 Å². The summed E-state index contributed by atoms with van der Waals surface area (Å²) in [5, 5.41) is 10.1. The molecule has 1 aromatic rings. The first-order valence-electron chi connectivity index (χ1n) is 5.99. The van der Waals surface area contributed by atoms with E-state index >= 15 is 0 Å². The van der Waals surface area contributed by atoms with Crippen LogP contribution in [-0.4, -0.2) is 11.2 Å². The lowest BCUT2D eigenvalue weighted by molar-refractivity contribution is 0.0851. The summed E-state index contributed by atoms with van der Waals surface area (Å²) in [4.78, 5) is 0. The van der Waals surface area contributed by atoms with E-state index in [0.29, 0.717) is 5.92 Å². The van der Waals surface area contributed by atoms with Crippen LogP contribution in [-0.2, 0) is 6.42 Å². The Bertz CT molecular complexity index is 275. The SMILES string of the molecule is OC(Cc1cc[c]cc1)C1CCCCC1. The fraction of sp³-hybridized carbons (Fsp3) is 0.571. The van der Waals surface area contributed by atoms with Gasteiger partial charge in [0.1, 0.15) is 0 Å². The molecule has 1 nitrogen and oxygen atoms in total. The van der Waals surface area contributed by atoms with Crippen molar-refractivity contribution in [1.29, 1.82) is 0 Å². The third-order valence-corrected chi connectivity index (χ3v) is 3.43.